The van der Waals surface area contributed by atoms with E-state index in [1.54, 1.807) is 40.7 Å². The van der Waals surface area contributed by atoms with Crippen molar-refractivity contribution in [2.24, 2.45) is 11.8 Å². The zero-order chi connectivity index (χ0) is 22.1. The van der Waals surface area contributed by atoms with Gasteiger partial charge in [0.1, 0.15) is 0 Å². The molecule has 2 aliphatic heterocycles. The highest BCUT2D eigenvalue weighted by atomic mass is 19.4. The van der Waals surface area contributed by atoms with Gasteiger partial charge in [-0.25, -0.2) is 0 Å². The number of carbonyl (C=O) groups excluding carboxylic acids is 1. The Morgan fingerprint density at radius 1 is 1.37 bits per heavy atom. The molecule has 1 aromatic heterocycles. The first kappa shape index (κ1) is 22.6. The van der Waals surface area contributed by atoms with Crippen molar-refractivity contribution < 1.29 is 23.1 Å². The molecule has 3 heterocycles. The van der Waals surface area contributed by atoms with Crippen LogP contribution in [0.3, 0.4) is 0 Å². The Kier molecular flexibility index (Phi) is 6.71. The molecule has 1 saturated heterocycles. The maximum atomic E-state index is 13.0. The number of amides is 1. The first-order chi connectivity index (χ1) is 14.2. The number of pyridine rings is 1. The van der Waals surface area contributed by atoms with Gasteiger partial charge in [0, 0.05) is 49.5 Å². The number of hydrogen-bond donors (Lipinski definition) is 2. The Morgan fingerprint density at radius 3 is 2.70 bits per heavy atom. The molecule has 2 aliphatic rings. The molecule has 30 heavy (non-hydrogen) atoms. The molecule has 0 radical (unpaired) electrons. The van der Waals surface area contributed by atoms with Crippen LogP contribution >= 0.6 is 0 Å². The van der Waals surface area contributed by atoms with Gasteiger partial charge >= 0.3 is 6.18 Å². The van der Waals surface area contributed by atoms with Gasteiger partial charge in [0.15, 0.2) is 0 Å². The van der Waals surface area contributed by atoms with Crippen molar-refractivity contribution in [3.8, 4) is 0 Å². The van der Waals surface area contributed by atoms with E-state index in [1.165, 1.54) is 0 Å². The van der Waals surface area contributed by atoms with Crippen LogP contribution < -0.4 is 10.9 Å². The van der Waals surface area contributed by atoms with E-state index in [9.17, 15) is 27.9 Å². The van der Waals surface area contributed by atoms with Crippen LogP contribution in [0.25, 0.3) is 6.08 Å². The van der Waals surface area contributed by atoms with Crippen LogP contribution in [0.2, 0.25) is 0 Å². The van der Waals surface area contributed by atoms with Crippen molar-refractivity contribution in [1.82, 2.24) is 14.8 Å². The van der Waals surface area contributed by atoms with Crippen LogP contribution in [0.15, 0.2) is 23.0 Å². The lowest BCUT2D eigenvalue weighted by molar-refractivity contribution is -0.140. The molecule has 1 amide bonds. The minimum Gasteiger partial charge on any atom is -0.396 e. The lowest BCUT2D eigenvalue weighted by atomic mass is 9.86. The second kappa shape index (κ2) is 8.93. The molecule has 1 fully saturated rings. The number of allylic oxidation sites excluding steroid dienone is 1. The third-order valence-electron chi connectivity index (χ3n) is 6.05. The van der Waals surface area contributed by atoms with E-state index in [0.29, 0.717) is 17.8 Å². The summed E-state index contributed by atoms with van der Waals surface area (Å²) in [6, 6.07) is 2.15. The number of aliphatic hydroxyl groups is 1. The van der Waals surface area contributed by atoms with Gasteiger partial charge in [0.2, 0.25) is 5.91 Å². The highest BCUT2D eigenvalue weighted by Crippen LogP contribution is 2.48. The van der Waals surface area contributed by atoms with Crippen molar-refractivity contribution >= 4 is 12.0 Å². The van der Waals surface area contributed by atoms with Crippen LogP contribution in [0.5, 0.6) is 0 Å². The molecule has 0 spiro atoms. The molecule has 4 atom stereocenters. The second-order valence-electron chi connectivity index (χ2n) is 7.91. The number of rotatable bonds is 7. The molecule has 9 heteroatoms. The molecule has 0 saturated carbocycles. The van der Waals surface area contributed by atoms with Gasteiger partial charge in [0.05, 0.1) is 18.4 Å². The van der Waals surface area contributed by atoms with E-state index in [2.05, 4.69) is 5.32 Å². The van der Waals surface area contributed by atoms with Crippen LogP contribution in [-0.2, 0) is 11.3 Å². The third kappa shape index (κ3) is 4.18. The van der Waals surface area contributed by atoms with Crippen molar-refractivity contribution in [2.45, 2.75) is 51.5 Å². The van der Waals surface area contributed by atoms with E-state index < -0.39 is 36.5 Å². The number of aliphatic hydroxyl groups excluding tert-OH is 1. The van der Waals surface area contributed by atoms with E-state index in [4.69, 9.17) is 0 Å². The SMILES string of the molecule is C/C=C/c1ccc2n(c1=O)C[C@H]1[C@H](CO)[C@@H](C(=O)NCCC)[C@@H]2N1CCC(F)(F)F. The van der Waals surface area contributed by atoms with Crippen molar-refractivity contribution in [3.05, 3.63) is 39.8 Å². The predicted octanol–water partition coefficient (Wildman–Crippen LogP) is 2.32. The summed E-state index contributed by atoms with van der Waals surface area (Å²) in [5.74, 6) is -1.57. The minimum absolute atomic E-state index is 0.150. The van der Waals surface area contributed by atoms with E-state index in [-0.39, 0.29) is 31.2 Å². The number of nitrogens with one attached hydrogen (secondary N) is 1. The summed E-state index contributed by atoms with van der Waals surface area (Å²) in [7, 11) is 0. The summed E-state index contributed by atoms with van der Waals surface area (Å²) in [5, 5.41) is 12.9. The molecule has 2 N–H and O–H groups in total. The van der Waals surface area contributed by atoms with Gasteiger partial charge in [-0.05, 0) is 25.5 Å². The predicted molar refractivity (Wildman–Crippen MR) is 107 cm³/mol. The quantitative estimate of drug-likeness (QED) is 0.701. The largest absolute Gasteiger partial charge is 0.396 e. The topological polar surface area (TPSA) is 74.6 Å². The smallest absolute Gasteiger partial charge is 0.390 e. The number of carbonyl (C=O) groups is 1. The van der Waals surface area contributed by atoms with E-state index >= 15 is 0 Å². The number of halogens is 3. The van der Waals surface area contributed by atoms with Gasteiger partial charge in [-0.15, -0.1) is 0 Å². The molecular weight excluding hydrogens is 399 g/mol. The molecular formula is C21H28F3N3O3. The van der Waals surface area contributed by atoms with Crippen molar-refractivity contribution in [1.29, 1.82) is 0 Å². The summed E-state index contributed by atoms with van der Waals surface area (Å²) >= 11 is 0. The average Bonchev–Trinajstić information content (AvgIpc) is 2.92. The van der Waals surface area contributed by atoms with Crippen molar-refractivity contribution in [2.75, 3.05) is 19.7 Å². The van der Waals surface area contributed by atoms with Crippen LogP contribution in [0.1, 0.15) is 44.0 Å². The molecule has 0 aromatic carbocycles. The van der Waals surface area contributed by atoms with Gasteiger partial charge in [0.25, 0.3) is 5.56 Å². The first-order valence-electron chi connectivity index (χ1n) is 10.3. The van der Waals surface area contributed by atoms with Crippen LogP contribution in [-0.4, -0.2) is 52.4 Å². The van der Waals surface area contributed by atoms with Gasteiger partial charge in [-0.3, -0.25) is 14.5 Å². The lowest BCUT2D eigenvalue weighted by Gasteiger charge is -2.38. The summed E-state index contributed by atoms with van der Waals surface area (Å²) in [5.41, 5.74) is 0.776. The Morgan fingerprint density at radius 2 is 2.10 bits per heavy atom. The second-order valence-corrected chi connectivity index (χ2v) is 7.91. The van der Waals surface area contributed by atoms with Gasteiger partial charge in [-0.2, -0.15) is 13.2 Å². The molecule has 3 rings (SSSR count). The number of nitrogens with zero attached hydrogens (tertiary/aromatic N) is 2. The Labute approximate surface area is 173 Å². The fraction of sp³-hybridized carbons (Fsp3) is 0.619. The van der Waals surface area contributed by atoms with Crippen molar-refractivity contribution in [3.63, 3.8) is 0 Å². The van der Waals surface area contributed by atoms with Gasteiger partial charge < -0.3 is 15.0 Å². The van der Waals surface area contributed by atoms with E-state index in [0.717, 1.165) is 6.42 Å². The third-order valence-corrected chi connectivity index (χ3v) is 6.05. The number of hydrogen-bond acceptors (Lipinski definition) is 4. The number of alkyl halides is 3. The summed E-state index contributed by atoms with van der Waals surface area (Å²) in [6.07, 6.45) is -1.20. The highest BCUT2D eigenvalue weighted by Gasteiger charge is 2.55. The normalized spacial score (nSPS) is 26.2. The summed E-state index contributed by atoms with van der Waals surface area (Å²) in [6.45, 7) is 3.68. The minimum atomic E-state index is -4.33. The Bertz CT molecular complexity index is 865. The Hall–Kier alpha value is -2.13. The number of fused-ring (bicyclic) bond motifs is 4. The fourth-order valence-corrected chi connectivity index (χ4v) is 4.78. The van der Waals surface area contributed by atoms with E-state index in [1.807, 2.05) is 6.92 Å². The highest BCUT2D eigenvalue weighted by molar-refractivity contribution is 5.80. The molecule has 2 bridgehead atoms. The summed E-state index contributed by atoms with van der Waals surface area (Å²) in [4.78, 5) is 27.6. The fourth-order valence-electron chi connectivity index (χ4n) is 4.78. The van der Waals surface area contributed by atoms with Crippen LogP contribution in [0, 0.1) is 11.8 Å². The zero-order valence-electron chi connectivity index (χ0n) is 17.2. The lowest BCUT2D eigenvalue weighted by Crippen LogP contribution is -2.47. The Balaban J connectivity index is 2.07. The van der Waals surface area contributed by atoms with Crippen LogP contribution in [0.4, 0.5) is 13.2 Å². The maximum Gasteiger partial charge on any atom is 0.390 e. The van der Waals surface area contributed by atoms with Gasteiger partial charge in [-0.1, -0.05) is 19.1 Å². The molecule has 0 unspecified atom stereocenters. The molecule has 6 nitrogen and oxygen atoms in total. The molecule has 166 valence electrons. The average molecular weight is 427 g/mol. The summed E-state index contributed by atoms with van der Waals surface area (Å²) < 4.78 is 40.5. The molecule has 1 aromatic rings. The number of aromatic nitrogens is 1. The first-order valence-corrected chi connectivity index (χ1v) is 10.3. The molecule has 0 aliphatic carbocycles. The monoisotopic (exact) mass is 427 g/mol. The zero-order valence-corrected chi connectivity index (χ0v) is 17.2. The maximum absolute atomic E-state index is 13.0. The standard InChI is InChI=1S/C21H28F3N3O3/c1-3-5-13-6-7-15-18-17(19(29)25-9-4-2)14(12-28)16(11-27(15)20(13)30)26(18)10-8-21(22,23)24/h3,5-7,14,16-18,28H,4,8-12H2,1-2H3,(H,25,29)/b5-3+/t14-,16-,17+,18+/m0/s1.